The van der Waals surface area contributed by atoms with Crippen LogP contribution in [-0.2, 0) is 16.1 Å². The van der Waals surface area contributed by atoms with Crippen LogP contribution in [0.2, 0.25) is 0 Å². The van der Waals surface area contributed by atoms with Crippen LogP contribution >= 0.6 is 11.3 Å². The third kappa shape index (κ3) is 5.16. The summed E-state index contributed by atoms with van der Waals surface area (Å²) < 4.78 is 5.75. The second-order valence-corrected chi connectivity index (χ2v) is 6.97. The molecule has 0 spiro atoms. The van der Waals surface area contributed by atoms with E-state index >= 15 is 0 Å². The minimum absolute atomic E-state index is 0.0563. The molecule has 1 aliphatic heterocycles. The Bertz CT molecular complexity index is 595. The maximum absolute atomic E-state index is 12.4. The Morgan fingerprint density at radius 2 is 2.13 bits per heavy atom. The lowest BCUT2D eigenvalue weighted by Gasteiger charge is -2.21. The van der Waals surface area contributed by atoms with Crippen LogP contribution in [0.3, 0.4) is 0 Å². The molecule has 1 aromatic heterocycles. The van der Waals surface area contributed by atoms with Gasteiger partial charge in [0.05, 0.1) is 4.88 Å². The first-order valence-corrected chi connectivity index (χ1v) is 9.00. The van der Waals surface area contributed by atoms with E-state index in [2.05, 4.69) is 22.8 Å². The van der Waals surface area contributed by atoms with Crippen molar-refractivity contribution in [2.75, 3.05) is 25.0 Å². The number of amides is 1. The van der Waals surface area contributed by atoms with Crippen LogP contribution in [0.5, 0.6) is 0 Å². The monoisotopic (exact) mass is 331 g/mol. The van der Waals surface area contributed by atoms with Crippen molar-refractivity contribution >= 4 is 22.9 Å². The average Bonchev–Trinajstić information content (AvgIpc) is 3.22. The summed E-state index contributed by atoms with van der Waals surface area (Å²) in [6.45, 7) is 3.08. The van der Waals surface area contributed by atoms with Gasteiger partial charge < -0.3 is 15.0 Å². The highest BCUT2D eigenvalue weighted by atomic mass is 32.1. The standard InChI is InChI=1S/C18H22N2O2S/c21-18(19-15-6-2-1-3-7-15)14-20(12-16-8-4-10-22-16)13-17-9-5-11-23-17/h1-3,5-7,9,11,16H,4,8,10,12-14H2,(H,19,21)/p+1/t16-/m1/s1. The molecule has 23 heavy (non-hydrogen) atoms. The van der Waals surface area contributed by atoms with Gasteiger partial charge >= 0.3 is 0 Å². The van der Waals surface area contributed by atoms with E-state index in [4.69, 9.17) is 4.74 Å². The number of thiophene rings is 1. The van der Waals surface area contributed by atoms with E-state index in [0.717, 1.165) is 38.2 Å². The zero-order chi connectivity index (χ0) is 15.9. The lowest BCUT2D eigenvalue weighted by molar-refractivity contribution is -0.908. The van der Waals surface area contributed by atoms with Crippen molar-refractivity contribution in [2.24, 2.45) is 0 Å². The fourth-order valence-electron chi connectivity index (χ4n) is 2.95. The normalized spacial score (nSPS) is 18.7. The fraction of sp³-hybridized carbons (Fsp3) is 0.389. The second kappa shape index (κ2) is 8.24. The van der Waals surface area contributed by atoms with Gasteiger partial charge in [-0.2, -0.15) is 0 Å². The van der Waals surface area contributed by atoms with Gasteiger partial charge in [-0.3, -0.25) is 4.79 Å². The summed E-state index contributed by atoms with van der Waals surface area (Å²) in [5.41, 5.74) is 0.852. The third-order valence-corrected chi connectivity index (χ3v) is 4.89. The topological polar surface area (TPSA) is 42.8 Å². The molecule has 0 saturated carbocycles. The molecule has 1 aromatic carbocycles. The summed E-state index contributed by atoms with van der Waals surface area (Å²) in [5.74, 6) is 0.0563. The highest BCUT2D eigenvalue weighted by Crippen LogP contribution is 2.11. The molecule has 2 atom stereocenters. The molecule has 0 radical (unpaired) electrons. The number of nitrogens with one attached hydrogen (secondary N) is 2. The minimum atomic E-state index is 0.0563. The third-order valence-electron chi connectivity index (χ3n) is 4.01. The molecule has 1 aliphatic rings. The lowest BCUT2D eigenvalue weighted by atomic mass is 10.2. The van der Waals surface area contributed by atoms with Crippen molar-refractivity contribution in [2.45, 2.75) is 25.5 Å². The second-order valence-electron chi connectivity index (χ2n) is 5.94. The van der Waals surface area contributed by atoms with Crippen LogP contribution in [-0.4, -0.2) is 31.7 Å². The quantitative estimate of drug-likeness (QED) is 0.814. The molecule has 2 heterocycles. The molecule has 4 nitrogen and oxygen atoms in total. The van der Waals surface area contributed by atoms with Crippen molar-refractivity contribution in [3.8, 4) is 0 Å². The van der Waals surface area contributed by atoms with Gasteiger partial charge in [-0.25, -0.2) is 0 Å². The first kappa shape index (κ1) is 16.2. The average molecular weight is 331 g/mol. The molecule has 2 N–H and O–H groups in total. The van der Waals surface area contributed by atoms with Crippen molar-refractivity contribution in [1.82, 2.24) is 0 Å². The molecule has 1 unspecified atom stereocenters. The summed E-state index contributed by atoms with van der Waals surface area (Å²) in [6, 6.07) is 13.8. The first-order valence-electron chi connectivity index (χ1n) is 8.12. The van der Waals surface area contributed by atoms with Gasteiger partial charge in [0.25, 0.3) is 5.91 Å². The lowest BCUT2D eigenvalue weighted by Crippen LogP contribution is -3.12. The molecule has 5 heteroatoms. The van der Waals surface area contributed by atoms with Gasteiger partial charge in [0.2, 0.25) is 0 Å². The van der Waals surface area contributed by atoms with E-state index in [1.54, 1.807) is 11.3 Å². The summed E-state index contributed by atoms with van der Waals surface area (Å²) in [5, 5.41) is 5.07. The summed E-state index contributed by atoms with van der Waals surface area (Å²) in [4.78, 5) is 14.9. The summed E-state index contributed by atoms with van der Waals surface area (Å²) in [7, 11) is 0. The van der Waals surface area contributed by atoms with E-state index in [1.165, 1.54) is 9.78 Å². The highest BCUT2D eigenvalue weighted by Gasteiger charge is 2.24. The summed E-state index contributed by atoms with van der Waals surface area (Å²) in [6.07, 6.45) is 2.52. The Hall–Kier alpha value is -1.69. The molecule has 1 amide bonds. The van der Waals surface area contributed by atoms with E-state index in [9.17, 15) is 4.79 Å². The van der Waals surface area contributed by atoms with Crippen LogP contribution in [0.1, 0.15) is 17.7 Å². The van der Waals surface area contributed by atoms with Crippen LogP contribution in [0.25, 0.3) is 0 Å². The fourth-order valence-corrected chi connectivity index (χ4v) is 3.72. The molecule has 3 rings (SSSR count). The SMILES string of the molecule is O=C(C[NH+](Cc1cccs1)C[C@H]1CCCO1)Nc1ccccc1. The molecule has 0 bridgehead atoms. The number of carbonyl (C=O) groups is 1. The Balaban J connectivity index is 1.58. The van der Waals surface area contributed by atoms with E-state index in [0.29, 0.717) is 6.54 Å². The predicted octanol–water partition coefficient (Wildman–Crippen LogP) is 1.95. The molecule has 1 fully saturated rings. The van der Waals surface area contributed by atoms with Gasteiger partial charge in [-0.05, 0) is 36.4 Å². The first-order chi connectivity index (χ1) is 11.3. The van der Waals surface area contributed by atoms with Gasteiger partial charge in [-0.15, -0.1) is 11.3 Å². The molecule has 1 saturated heterocycles. The van der Waals surface area contributed by atoms with E-state index in [1.807, 2.05) is 30.3 Å². The molecule has 122 valence electrons. The number of ether oxygens (including phenoxy) is 1. The van der Waals surface area contributed by atoms with E-state index in [-0.39, 0.29) is 12.0 Å². The number of hydrogen-bond donors (Lipinski definition) is 2. The Morgan fingerprint density at radius 1 is 1.26 bits per heavy atom. The Labute approximate surface area is 141 Å². The van der Waals surface area contributed by atoms with Gasteiger partial charge in [0.1, 0.15) is 19.2 Å². The number of benzene rings is 1. The Kier molecular flexibility index (Phi) is 5.80. The van der Waals surface area contributed by atoms with Crippen LogP contribution in [0.15, 0.2) is 47.8 Å². The van der Waals surface area contributed by atoms with Gasteiger partial charge in [0.15, 0.2) is 6.54 Å². The largest absolute Gasteiger partial charge is 0.372 e. The highest BCUT2D eigenvalue weighted by molar-refractivity contribution is 7.09. The van der Waals surface area contributed by atoms with Gasteiger partial charge in [-0.1, -0.05) is 24.3 Å². The molecular formula is C18H23N2O2S+. The zero-order valence-electron chi connectivity index (χ0n) is 13.2. The zero-order valence-corrected chi connectivity index (χ0v) is 14.0. The number of rotatable bonds is 7. The Morgan fingerprint density at radius 3 is 2.83 bits per heavy atom. The van der Waals surface area contributed by atoms with Gasteiger partial charge in [0, 0.05) is 12.3 Å². The van der Waals surface area contributed by atoms with Crippen molar-refractivity contribution in [3.63, 3.8) is 0 Å². The number of anilines is 1. The minimum Gasteiger partial charge on any atom is -0.372 e. The maximum Gasteiger partial charge on any atom is 0.279 e. The van der Waals surface area contributed by atoms with Crippen molar-refractivity contribution in [3.05, 3.63) is 52.7 Å². The smallest absolute Gasteiger partial charge is 0.279 e. The maximum atomic E-state index is 12.4. The molecule has 2 aromatic rings. The number of hydrogen-bond acceptors (Lipinski definition) is 3. The molecular weight excluding hydrogens is 308 g/mol. The molecule has 0 aliphatic carbocycles. The van der Waals surface area contributed by atoms with Crippen LogP contribution in [0, 0.1) is 0 Å². The summed E-state index contributed by atoms with van der Waals surface area (Å²) >= 11 is 1.75. The van der Waals surface area contributed by atoms with Crippen molar-refractivity contribution in [1.29, 1.82) is 0 Å². The van der Waals surface area contributed by atoms with Crippen molar-refractivity contribution < 1.29 is 14.4 Å². The predicted molar refractivity (Wildman–Crippen MR) is 92.8 cm³/mol. The van der Waals surface area contributed by atoms with Crippen LogP contribution < -0.4 is 10.2 Å². The number of carbonyl (C=O) groups excluding carboxylic acids is 1. The van der Waals surface area contributed by atoms with Crippen LogP contribution in [0.4, 0.5) is 5.69 Å². The number of para-hydroxylation sites is 1. The number of quaternary nitrogens is 1. The van der Waals surface area contributed by atoms with E-state index < -0.39 is 0 Å².